The highest BCUT2D eigenvalue weighted by Crippen LogP contribution is 2.23. The van der Waals surface area contributed by atoms with Crippen LogP contribution >= 0.6 is 0 Å². The second-order valence-corrected chi connectivity index (χ2v) is 5.27. The summed E-state index contributed by atoms with van der Waals surface area (Å²) in [6, 6.07) is 0.230. The van der Waals surface area contributed by atoms with Crippen molar-refractivity contribution >= 4 is 6.21 Å². The van der Waals surface area contributed by atoms with Crippen molar-refractivity contribution in [2.24, 2.45) is 0 Å². The molecule has 0 unspecified atom stereocenters. The molecule has 0 aromatic rings. The van der Waals surface area contributed by atoms with Crippen LogP contribution < -0.4 is 0 Å². The molecule has 2 aliphatic carbocycles. The molecule has 2 nitrogen and oxygen atoms in total. The Hall–Kier alpha value is -1.05. The molecule has 0 spiro atoms. The molecule has 0 aliphatic heterocycles. The summed E-state index contributed by atoms with van der Waals surface area (Å²) < 4.78 is 1.19. The molecule has 0 saturated heterocycles. The minimum Gasteiger partial charge on any atom is -0.624 e. The highest BCUT2D eigenvalue weighted by atomic mass is 16.5. The topological polar surface area (TPSA) is 26.1 Å². The fourth-order valence-corrected chi connectivity index (χ4v) is 2.77. The Morgan fingerprint density at radius 3 is 2.71 bits per heavy atom. The van der Waals surface area contributed by atoms with E-state index >= 15 is 0 Å². The number of allylic oxidation sites excluding steroid dienone is 4. The fraction of sp³-hybridized carbons (Fsp3) is 0.667. The standard InChI is InChI=1S/C15H23NO/c1-13-7-5-6-8-14(13)11-12-16(17)15-9-3-2-4-10-15/h7,11-12,15H,2-6,8-10H2,1H3/b14-11-,16-12-. The van der Waals surface area contributed by atoms with Gasteiger partial charge in [0.1, 0.15) is 0 Å². The number of nitrogens with zero attached hydrogens (tertiary/aromatic N) is 1. The Kier molecular flexibility index (Phi) is 4.41. The largest absolute Gasteiger partial charge is 0.624 e. The highest BCUT2D eigenvalue weighted by Gasteiger charge is 2.19. The molecule has 0 N–H and O–H groups in total. The van der Waals surface area contributed by atoms with Gasteiger partial charge in [-0.1, -0.05) is 18.1 Å². The molecule has 2 aliphatic rings. The van der Waals surface area contributed by atoms with Crippen LogP contribution in [0.1, 0.15) is 58.3 Å². The lowest BCUT2D eigenvalue weighted by Crippen LogP contribution is -2.24. The first-order valence-corrected chi connectivity index (χ1v) is 6.94. The Morgan fingerprint density at radius 1 is 1.24 bits per heavy atom. The van der Waals surface area contributed by atoms with Gasteiger partial charge in [0, 0.05) is 18.9 Å². The van der Waals surface area contributed by atoms with Gasteiger partial charge in [-0.25, -0.2) is 4.74 Å². The maximum atomic E-state index is 11.9. The van der Waals surface area contributed by atoms with Gasteiger partial charge >= 0.3 is 0 Å². The lowest BCUT2D eigenvalue weighted by atomic mass is 9.94. The summed E-state index contributed by atoms with van der Waals surface area (Å²) in [5, 5.41) is 11.9. The van der Waals surface area contributed by atoms with Crippen LogP contribution in [0.25, 0.3) is 0 Å². The van der Waals surface area contributed by atoms with Gasteiger partial charge in [-0.15, -0.1) is 0 Å². The summed E-state index contributed by atoms with van der Waals surface area (Å²) in [5.74, 6) is 0. The van der Waals surface area contributed by atoms with Gasteiger partial charge in [0.15, 0.2) is 12.3 Å². The quantitative estimate of drug-likeness (QED) is 0.307. The second kappa shape index (κ2) is 6.04. The van der Waals surface area contributed by atoms with E-state index in [0.29, 0.717) is 0 Å². The zero-order chi connectivity index (χ0) is 12.1. The molecule has 2 heteroatoms. The monoisotopic (exact) mass is 233 g/mol. The van der Waals surface area contributed by atoms with E-state index in [-0.39, 0.29) is 6.04 Å². The van der Waals surface area contributed by atoms with Crippen molar-refractivity contribution in [3.8, 4) is 0 Å². The van der Waals surface area contributed by atoms with Crippen molar-refractivity contribution in [3.63, 3.8) is 0 Å². The summed E-state index contributed by atoms with van der Waals surface area (Å²) in [5.41, 5.74) is 2.69. The van der Waals surface area contributed by atoms with Crippen LogP contribution in [0.4, 0.5) is 0 Å². The molecular weight excluding hydrogens is 210 g/mol. The zero-order valence-corrected chi connectivity index (χ0v) is 10.8. The summed E-state index contributed by atoms with van der Waals surface area (Å²) >= 11 is 0. The SMILES string of the molecule is CC1=CCCC/C1=C/C=[N+](\[O-])C1CCCCC1. The van der Waals surface area contributed by atoms with Crippen LogP contribution in [-0.4, -0.2) is 17.0 Å². The van der Waals surface area contributed by atoms with Crippen LogP contribution in [0.5, 0.6) is 0 Å². The normalized spacial score (nSPS) is 26.1. The smallest absolute Gasteiger partial charge is 0.175 e. The summed E-state index contributed by atoms with van der Waals surface area (Å²) in [6.07, 6.45) is 15.5. The van der Waals surface area contributed by atoms with Crippen LogP contribution in [0, 0.1) is 5.21 Å². The summed E-state index contributed by atoms with van der Waals surface area (Å²) in [7, 11) is 0. The maximum absolute atomic E-state index is 11.9. The van der Waals surface area contributed by atoms with E-state index in [1.54, 1.807) is 6.21 Å². The van der Waals surface area contributed by atoms with Gasteiger partial charge < -0.3 is 5.21 Å². The van der Waals surface area contributed by atoms with E-state index in [1.165, 1.54) is 48.0 Å². The van der Waals surface area contributed by atoms with Crippen molar-refractivity contribution in [2.45, 2.75) is 64.3 Å². The maximum Gasteiger partial charge on any atom is 0.175 e. The average molecular weight is 233 g/mol. The Morgan fingerprint density at radius 2 is 2.00 bits per heavy atom. The molecule has 2 rings (SSSR count). The van der Waals surface area contributed by atoms with E-state index < -0.39 is 0 Å². The molecule has 0 amide bonds. The van der Waals surface area contributed by atoms with E-state index in [4.69, 9.17) is 0 Å². The zero-order valence-electron chi connectivity index (χ0n) is 10.8. The van der Waals surface area contributed by atoms with E-state index in [1.807, 2.05) is 6.08 Å². The van der Waals surface area contributed by atoms with E-state index in [0.717, 1.165) is 19.3 Å². The van der Waals surface area contributed by atoms with Gasteiger partial charge in [-0.3, -0.25) is 0 Å². The Balaban J connectivity index is 2.00. The molecule has 0 atom stereocenters. The third-order valence-corrected chi connectivity index (χ3v) is 3.96. The second-order valence-electron chi connectivity index (χ2n) is 5.27. The van der Waals surface area contributed by atoms with Crippen molar-refractivity contribution in [2.75, 3.05) is 0 Å². The number of rotatable bonds is 2. The molecule has 0 aromatic carbocycles. The predicted molar refractivity (Wildman–Crippen MR) is 72.3 cm³/mol. The van der Waals surface area contributed by atoms with Gasteiger partial charge in [-0.05, 0) is 44.6 Å². The number of hydrogen-bond acceptors (Lipinski definition) is 1. The van der Waals surface area contributed by atoms with Gasteiger partial charge in [0.2, 0.25) is 0 Å². The van der Waals surface area contributed by atoms with E-state index in [9.17, 15) is 5.21 Å². The minimum atomic E-state index is 0.230. The Bertz CT molecular complexity index is 346. The molecule has 0 radical (unpaired) electrons. The van der Waals surface area contributed by atoms with Crippen molar-refractivity contribution in [1.29, 1.82) is 0 Å². The molecule has 0 heterocycles. The molecular formula is C15H23NO. The van der Waals surface area contributed by atoms with Crippen LogP contribution in [0.2, 0.25) is 0 Å². The van der Waals surface area contributed by atoms with Gasteiger partial charge in [-0.2, -0.15) is 0 Å². The van der Waals surface area contributed by atoms with Gasteiger partial charge in [0.25, 0.3) is 0 Å². The molecule has 1 saturated carbocycles. The lowest BCUT2D eigenvalue weighted by Gasteiger charge is -2.20. The highest BCUT2D eigenvalue weighted by molar-refractivity contribution is 5.69. The van der Waals surface area contributed by atoms with Crippen LogP contribution in [-0.2, 0) is 0 Å². The third-order valence-electron chi connectivity index (χ3n) is 3.96. The van der Waals surface area contributed by atoms with E-state index in [2.05, 4.69) is 13.0 Å². The minimum absolute atomic E-state index is 0.230. The first-order valence-electron chi connectivity index (χ1n) is 6.94. The molecule has 0 bridgehead atoms. The van der Waals surface area contributed by atoms with Crippen molar-refractivity contribution in [3.05, 3.63) is 28.5 Å². The van der Waals surface area contributed by atoms with Gasteiger partial charge in [0.05, 0.1) is 0 Å². The van der Waals surface area contributed by atoms with Crippen molar-refractivity contribution < 1.29 is 4.74 Å². The summed E-state index contributed by atoms with van der Waals surface area (Å²) in [6.45, 7) is 2.15. The molecule has 17 heavy (non-hydrogen) atoms. The first-order chi connectivity index (χ1) is 8.27. The van der Waals surface area contributed by atoms with Crippen LogP contribution in [0.15, 0.2) is 23.3 Å². The average Bonchev–Trinajstić information content (AvgIpc) is 2.38. The summed E-state index contributed by atoms with van der Waals surface area (Å²) in [4.78, 5) is 0. The molecule has 1 fully saturated rings. The Labute approximate surface area is 104 Å². The molecule has 94 valence electrons. The third kappa shape index (κ3) is 3.45. The predicted octanol–water partition coefficient (Wildman–Crippen LogP) is 3.96. The fourth-order valence-electron chi connectivity index (χ4n) is 2.77. The lowest BCUT2D eigenvalue weighted by molar-refractivity contribution is -0.500. The van der Waals surface area contributed by atoms with Crippen LogP contribution in [0.3, 0.4) is 0 Å². The number of hydrogen-bond donors (Lipinski definition) is 0. The number of hydroxylamine groups is 1. The molecule has 0 aromatic heterocycles. The first kappa shape index (κ1) is 12.4. The van der Waals surface area contributed by atoms with Crippen molar-refractivity contribution in [1.82, 2.24) is 0 Å².